The van der Waals surface area contributed by atoms with Crippen LogP contribution in [0.5, 0.6) is 0 Å². The first-order valence-electron chi connectivity index (χ1n) is 10.4. The summed E-state index contributed by atoms with van der Waals surface area (Å²) < 4.78 is 19.4. The van der Waals surface area contributed by atoms with Crippen LogP contribution in [0, 0.1) is 0 Å². The lowest BCUT2D eigenvalue weighted by molar-refractivity contribution is -0.167. The van der Waals surface area contributed by atoms with Crippen LogP contribution in [0.2, 0.25) is 13.1 Å². The van der Waals surface area contributed by atoms with E-state index in [-0.39, 0.29) is 10.4 Å². The van der Waals surface area contributed by atoms with Crippen LogP contribution in [0.15, 0.2) is 0 Å². The maximum Gasteiger partial charge on any atom is 0.197 e. The summed E-state index contributed by atoms with van der Waals surface area (Å²) in [5.74, 6) is 0. The van der Waals surface area contributed by atoms with Crippen LogP contribution in [0.25, 0.3) is 0 Å². The fourth-order valence-corrected chi connectivity index (χ4v) is 10.3. The number of nitrogens with two attached hydrogens (primary N) is 1. The first-order chi connectivity index (χ1) is 12.2. The Labute approximate surface area is 158 Å². The van der Waals surface area contributed by atoms with Gasteiger partial charge in [-0.3, -0.25) is 0 Å². The molecule has 0 amide bonds. The minimum Gasteiger partial charge on any atom is -0.421 e. The third kappa shape index (κ3) is 5.60. The van der Waals surface area contributed by atoms with Gasteiger partial charge in [0.1, 0.15) is 5.22 Å². The molecule has 5 nitrogen and oxygen atoms in total. The molecule has 2 aliphatic heterocycles. The Balaban J connectivity index is 1.88. The van der Waals surface area contributed by atoms with Crippen LogP contribution in [-0.4, -0.2) is 68.5 Å². The van der Waals surface area contributed by atoms with Crippen LogP contribution in [0.4, 0.5) is 0 Å². The molecule has 0 aromatic rings. The number of hydrogen-bond donors (Lipinski definition) is 2. The van der Waals surface area contributed by atoms with E-state index in [2.05, 4.69) is 18.4 Å². The van der Waals surface area contributed by atoms with Gasteiger partial charge in [0.15, 0.2) is 9.76 Å². The molecule has 2 unspecified atom stereocenters. The molecule has 2 rings (SSSR count). The number of hydrogen-bond acceptors (Lipinski definition) is 5. The highest BCUT2D eigenvalue weighted by Crippen LogP contribution is 2.44. The van der Waals surface area contributed by atoms with Gasteiger partial charge in [0.2, 0.25) is 0 Å². The number of unbranched alkanes of at least 4 members (excludes halogenated alkanes) is 1. The first kappa shape index (κ1) is 21.5. The highest BCUT2D eigenvalue weighted by atomic mass is 28.3. The SMILES string of the molecule is C[SiH](C)C1(C2([SiH2]OCCCCNCCN)CCCCO2)CCCCO1. The van der Waals surface area contributed by atoms with Crippen molar-refractivity contribution in [3.63, 3.8) is 0 Å². The van der Waals surface area contributed by atoms with Crippen molar-refractivity contribution in [1.29, 1.82) is 0 Å². The van der Waals surface area contributed by atoms with E-state index in [9.17, 15) is 0 Å². The predicted octanol–water partition coefficient (Wildman–Crippen LogP) is 1.28. The summed E-state index contributed by atoms with van der Waals surface area (Å²) in [7, 11) is -1.80. The molecule has 7 heteroatoms. The summed E-state index contributed by atoms with van der Waals surface area (Å²) >= 11 is 0. The molecule has 148 valence electrons. The molecule has 2 fully saturated rings. The molecule has 2 aliphatic rings. The van der Waals surface area contributed by atoms with Crippen molar-refractivity contribution < 1.29 is 13.9 Å². The zero-order chi connectivity index (χ0) is 18.0. The van der Waals surface area contributed by atoms with Gasteiger partial charge >= 0.3 is 0 Å². The topological polar surface area (TPSA) is 65.7 Å². The van der Waals surface area contributed by atoms with E-state index < -0.39 is 18.6 Å². The summed E-state index contributed by atoms with van der Waals surface area (Å²) in [5, 5.41) is 3.30. The summed E-state index contributed by atoms with van der Waals surface area (Å²) in [6.45, 7) is 10.2. The van der Waals surface area contributed by atoms with Gasteiger partial charge in [-0.25, -0.2) is 0 Å². The standard InChI is InChI=1S/C18H40N2O3Si2/c1-25(2)18(10-4-7-15-22-18)17(9-3-6-14-21-17)24-23-16-8-5-12-20-13-11-19/h20,25H,3-16,19,24H2,1-2H3. The summed E-state index contributed by atoms with van der Waals surface area (Å²) in [4.78, 5) is 0. The average molecular weight is 389 g/mol. The Morgan fingerprint density at radius 3 is 2.40 bits per heavy atom. The average Bonchev–Trinajstić information content (AvgIpc) is 2.65. The van der Waals surface area contributed by atoms with Crippen molar-refractivity contribution in [2.45, 2.75) is 74.9 Å². The van der Waals surface area contributed by atoms with E-state index in [0.717, 1.165) is 52.2 Å². The second-order valence-corrected chi connectivity index (χ2v) is 13.0. The quantitative estimate of drug-likeness (QED) is 0.412. The Morgan fingerprint density at radius 2 is 1.80 bits per heavy atom. The van der Waals surface area contributed by atoms with E-state index in [1.165, 1.54) is 32.1 Å². The van der Waals surface area contributed by atoms with E-state index in [0.29, 0.717) is 6.54 Å². The van der Waals surface area contributed by atoms with Gasteiger partial charge in [0, 0.05) is 32.9 Å². The maximum atomic E-state index is 6.56. The lowest BCUT2D eigenvalue weighted by Gasteiger charge is -2.55. The molecule has 2 heterocycles. The second kappa shape index (κ2) is 11.2. The molecule has 25 heavy (non-hydrogen) atoms. The van der Waals surface area contributed by atoms with E-state index in [4.69, 9.17) is 19.6 Å². The van der Waals surface area contributed by atoms with Crippen LogP contribution >= 0.6 is 0 Å². The van der Waals surface area contributed by atoms with E-state index in [1.54, 1.807) is 0 Å². The lowest BCUT2D eigenvalue weighted by Crippen LogP contribution is -2.69. The van der Waals surface area contributed by atoms with Gasteiger partial charge in [0.25, 0.3) is 0 Å². The Morgan fingerprint density at radius 1 is 1.04 bits per heavy atom. The highest BCUT2D eigenvalue weighted by molar-refractivity contribution is 6.61. The van der Waals surface area contributed by atoms with Gasteiger partial charge in [-0.2, -0.15) is 0 Å². The predicted molar refractivity (Wildman–Crippen MR) is 110 cm³/mol. The fourth-order valence-electron chi connectivity index (χ4n) is 4.50. The highest BCUT2D eigenvalue weighted by Gasteiger charge is 2.57. The Bertz CT molecular complexity index is 360. The van der Waals surface area contributed by atoms with Crippen LogP contribution in [-0.2, 0) is 13.9 Å². The van der Waals surface area contributed by atoms with E-state index >= 15 is 0 Å². The number of nitrogens with one attached hydrogen (secondary N) is 1. The normalized spacial score (nSPS) is 31.2. The molecule has 3 N–H and O–H groups in total. The minimum absolute atomic E-state index is 0.0145. The molecule has 0 bridgehead atoms. The van der Waals surface area contributed by atoms with Crippen molar-refractivity contribution in [1.82, 2.24) is 5.32 Å². The molecule has 0 aliphatic carbocycles. The molecule has 0 spiro atoms. The Hall–Kier alpha value is 0.234. The molecule has 0 radical (unpaired) electrons. The van der Waals surface area contributed by atoms with Crippen molar-refractivity contribution in [3.05, 3.63) is 0 Å². The van der Waals surface area contributed by atoms with Gasteiger partial charge < -0.3 is 25.0 Å². The third-order valence-electron chi connectivity index (χ3n) is 5.91. The van der Waals surface area contributed by atoms with Gasteiger partial charge in [0.05, 0.1) is 14.0 Å². The summed E-state index contributed by atoms with van der Waals surface area (Å²) in [5.41, 5.74) is 5.49. The van der Waals surface area contributed by atoms with Crippen molar-refractivity contribution >= 4 is 18.6 Å². The van der Waals surface area contributed by atoms with Gasteiger partial charge in [-0.1, -0.05) is 13.1 Å². The lowest BCUT2D eigenvalue weighted by atomic mass is 9.96. The monoisotopic (exact) mass is 388 g/mol. The molecule has 2 atom stereocenters. The van der Waals surface area contributed by atoms with Crippen molar-refractivity contribution in [3.8, 4) is 0 Å². The zero-order valence-electron chi connectivity index (χ0n) is 16.5. The third-order valence-corrected chi connectivity index (χ3v) is 11.3. The van der Waals surface area contributed by atoms with Crippen molar-refractivity contribution in [2.75, 3.05) is 39.5 Å². The molecule has 0 saturated carbocycles. The van der Waals surface area contributed by atoms with Crippen LogP contribution < -0.4 is 11.1 Å². The zero-order valence-corrected chi connectivity index (χ0v) is 19.1. The largest absolute Gasteiger partial charge is 0.421 e. The minimum atomic E-state index is -1.02. The molecule has 2 saturated heterocycles. The molecule has 0 aromatic heterocycles. The number of rotatable bonds is 11. The van der Waals surface area contributed by atoms with Gasteiger partial charge in [-0.15, -0.1) is 0 Å². The molecular formula is C18H40N2O3Si2. The van der Waals surface area contributed by atoms with Crippen LogP contribution in [0.3, 0.4) is 0 Å². The summed E-state index contributed by atoms with van der Waals surface area (Å²) in [6.07, 6.45) is 9.58. The first-order valence-corrected chi connectivity index (χ1v) is 14.6. The van der Waals surface area contributed by atoms with E-state index in [1.807, 2.05) is 0 Å². The van der Waals surface area contributed by atoms with Crippen LogP contribution in [0.1, 0.15) is 51.4 Å². The van der Waals surface area contributed by atoms with Crippen molar-refractivity contribution in [2.24, 2.45) is 5.73 Å². The Kier molecular flexibility index (Phi) is 9.61. The maximum absolute atomic E-state index is 6.56. The number of ether oxygens (including phenoxy) is 2. The van der Waals surface area contributed by atoms with Gasteiger partial charge in [-0.05, 0) is 57.9 Å². The molecule has 0 aromatic carbocycles. The fraction of sp³-hybridized carbons (Fsp3) is 1.00. The smallest absolute Gasteiger partial charge is 0.197 e. The second-order valence-electron chi connectivity index (χ2n) is 7.95. The molecular weight excluding hydrogens is 348 g/mol. The summed E-state index contributed by atoms with van der Waals surface area (Å²) in [6, 6.07) is 0.